The minimum atomic E-state index is -4.41. The van der Waals surface area contributed by atoms with Gasteiger partial charge in [0.15, 0.2) is 6.40 Å². The van der Waals surface area contributed by atoms with Gasteiger partial charge >= 0.3 is 6.18 Å². The molecule has 0 N–H and O–H groups in total. The molecule has 1 aromatic carbocycles. The molecule has 1 unspecified atom stereocenters. The summed E-state index contributed by atoms with van der Waals surface area (Å²) in [7, 11) is 0. The topological polar surface area (TPSA) is 21.6 Å². The maximum atomic E-state index is 12.6. The molecule has 0 saturated carbocycles. The van der Waals surface area contributed by atoms with Crippen molar-refractivity contribution in [2.24, 2.45) is 4.99 Å². The maximum absolute atomic E-state index is 12.6. The predicted molar refractivity (Wildman–Crippen MR) is 63.0 cm³/mol. The molecule has 0 radical (unpaired) electrons. The number of nitrogens with zero attached hydrogens (tertiary/aromatic N) is 1. The van der Waals surface area contributed by atoms with Crippen molar-refractivity contribution in [2.75, 3.05) is 6.61 Å². The highest BCUT2D eigenvalue weighted by Gasteiger charge is 2.33. The van der Waals surface area contributed by atoms with E-state index >= 15 is 0 Å². The van der Waals surface area contributed by atoms with Crippen molar-refractivity contribution >= 4 is 18.0 Å². The lowest BCUT2D eigenvalue weighted by molar-refractivity contribution is -0.137. The number of alkyl halides is 3. The Balaban J connectivity index is 2.11. The van der Waals surface area contributed by atoms with E-state index in [0.717, 1.165) is 6.07 Å². The van der Waals surface area contributed by atoms with Crippen LogP contribution in [0.5, 0.6) is 0 Å². The summed E-state index contributed by atoms with van der Waals surface area (Å²) in [5.74, 6) is 0. The number of aryl methyl sites for hydroxylation is 1. The van der Waals surface area contributed by atoms with Gasteiger partial charge in [-0.15, -0.1) is 0 Å². The Labute approximate surface area is 107 Å². The number of benzene rings is 1. The molecule has 2 nitrogen and oxygen atoms in total. The van der Waals surface area contributed by atoms with Crippen LogP contribution in [0, 0.1) is 0 Å². The zero-order valence-electron chi connectivity index (χ0n) is 9.38. The summed E-state index contributed by atoms with van der Waals surface area (Å²) >= 11 is 5.79. The van der Waals surface area contributed by atoms with Crippen molar-refractivity contribution in [1.82, 2.24) is 0 Å². The number of rotatable bonds is 3. The quantitative estimate of drug-likeness (QED) is 0.825. The van der Waals surface area contributed by atoms with Crippen LogP contribution in [-0.2, 0) is 17.3 Å². The molecule has 6 heteroatoms. The van der Waals surface area contributed by atoms with E-state index in [0.29, 0.717) is 25.0 Å². The lowest BCUT2D eigenvalue weighted by Gasteiger charge is -2.13. The summed E-state index contributed by atoms with van der Waals surface area (Å²) in [5.41, 5.74) is -0.290. The van der Waals surface area contributed by atoms with Gasteiger partial charge in [0.2, 0.25) is 0 Å². The van der Waals surface area contributed by atoms with E-state index in [1.807, 2.05) is 0 Å². The average Bonchev–Trinajstić information content (AvgIpc) is 2.79. The second-order valence-corrected chi connectivity index (χ2v) is 4.43. The van der Waals surface area contributed by atoms with Crippen LogP contribution in [-0.4, -0.2) is 19.0 Å². The molecular formula is C12H11ClF3NO. The van der Waals surface area contributed by atoms with Gasteiger partial charge < -0.3 is 4.74 Å². The molecule has 98 valence electrons. The van der Waals surface area contributed by atoms with E-state index in [1.165, 1.54) is 12.5 Å². The third kappa shape index (κ3) is 2.96. The van der Waals surface area contributed by atoms with E-state index in [-0.39, 0.29) is 11.1 Å². The molecule has 0 spiro atoms. The Bertz CT molecular complexity index is 459. The van der Waals surface area contributed by atoms with Gasteiger partial charge in [-0.05, 0) is 24.5 Å². The first kappa shape index (κ1) is 13.2. The second-order valence-electron chi connectivity index (χ2n) is 4.06. The lowest BCUT2D eigenvalue weighted by Crippen LogP contribution is -2.10. The molecule has 1 aliphatic rings. The molecule has 2 rings (SSSR count). The summed E-state index contributed by atoms with van der Waals surface area (Å²) in [6.07, 6.45) is -1.97. The van der Waals surface area contributed by atoms with Gasteiger partial charge in [0.25, 0.3) is 0 Å². The minimum absolute atomic E-state index is 0.00982. The van der Waals surface area contributed by atoms with Crippen LogP contribution in [0.1, 0.15) is 17.5 Å². The molecule has 1 aliphatic heterocycles. The Kier molecular flexibility index (Phi) is 3.80. The smallest absolute Gasteiger partial charge is 0.417 e. The van der Waals surface area contributed by atoms with Gasteiger partial charge in [0.05, 0.1) is 16.6 Å². The molecule has 0 bridgehead atoms. The second kappa shape index (κ2) is 5.18. The van der Waals surface area contributed by atoms with Gasteiger partial charge in [-0.3, -0.25) is 4.99 Å². The van der Waals surface area contributed by atoms with Gasteiger partial charge in [0.1, 0.15) is 6.61 Å². The summed E-state index contributed by atoms with van der Waals surface area (Å²) in [6, 6.07) is 3.98. The molecule has 0 saturated heterocycles. The summed E-state index contributed by atoms with van der Waals surface area (Å²) in [5, 5.41) is -0.215. The van der Waals surface area contributed by atoms with Crippen LogP contribution >= 0.6 is 11.6 Å². The van der Waals surface area contributed by atoms with Crippen molar-refractivity contribution < 1.29 is 17.9 Å². The van der Waals surface area contributed by atoms with Gasteiger partial charge in [-0.25, -0.2) is 0 Å². The molecule has 18 heavy (non-hydrogen) atoms. The summed E-state index contributed by atoms with van der Waals surface area (Å²) < 4.78 is 42.9. The first-order chi connectivity index (χ1) is 8.48. The van der Waals surface area contributed by atoms with Gasteiger partial charge in [-0.2, -0.15) is 13.2 Å². The molecule has 0 fully saturated rings. The zero-order chi connectivity index (χ0) is 13.2. The van der Waals surface area contributed by atoms with Crippen LogP contribution < -0.4 is 0 Å². The first-order valence-corrected chi connectivity index (χ1v) is 5.84. The largest absolute Gasteiger partial charge is 0.481 e. The number of halogens is 4. The number of hydrogen-bond acceptors (Lipinski definition) is 2. The van der Waals surface area contributed by atoms with Crippen molar-refractivity contribution in [1.29, 1.82) is 0 Å². The fourth-order valence-corrected chi connectivity index (χ4v) is 2.13. The van der Waals surface area contributed by atoms with Crippen LogP contribution in [0.3, 0.4) is 0 Å². The third-order valence-corrected chi connectivity index (χ3v) is 3.21. The monoisotopic (exact) mass is 277 g/mol. The molecule has 0 amide bonds. The van der Waals surface area contributed by atoms with Gasteiger partial charge in [-0.1, -0.05) is 23.7 Å². The summed E-state index contributed by atoms with van der Waals surface area (Å²) in [4.78, 5) is 4.04. The van der Waals surface area contributed by atoms with Crippen molar-refractivity contribution in [3.8, 4) is 0 Å². The van der Waals surface area contributed by atoms with E-state index in [4.69, 9.17) is 16.3 Å². The molecule has 0 aliphatic carbocycles. The SMILES string of the molecule is FC(F)(F)c1cccc(CCC2COC=N2)c1Cl. The molecular weight excluding hydrogens is 267 g/mol. The van der Waals surface area contributed by atoms with Crippen molar-refractivity contribution in [3.05, 3.63) is 34.3 Å². The highest BCUT2D eigenvalue weighted by atomic mass is 35.5. The lowest BCUT2D eigenvalue weighted by atomic mass is 10.0. The minimum Gasteiger partial charge on any atom is -0.481 e. The Morgan fingerprint density at radius 1 is 1.39 bits per heavy atom. The van der Waals surface area contributed by atoms with Crippen molar-refractivity contribution in [2.45, 2.75) is 25.1 Å². The van der Waals surface area contributed by atoms with Crippen LogP contribution in [0.25, 0.3) is 0 Å². The molecule has 1 atom stereocenters. The van der Waals surface area contributed by atoms with Crippen LogP contribution in [0.2, 0.25) is 5.02 Å². The van der Waals surface area contributed by atoms with Gasteiger partial charge in [0, 0.05) is 0 Å². The summed E-state index contributed by atoms with van der Waals surface area (Å²) in [6.45, 7) is 0.483. The van der Waals surface area contributed by atoms with E-state index < -0.39 is 11.7 Å². The van der Waals surface area contributed by atoms with Crippen LogP contribution in [0.4, 0.5) is 13.2 Å². The number of ether oxygens (including phenoxy) is 1. The third-order valence-electron chi connectivity index (χ3n) is 2.77. The highest BCUT2D eigenvalue weighted by molar-refractivity contribution is 6.32. The maximum Gasteiger partial charge on any atom is 0.417 e. The van der Waals surface area contributed by atoms with Crippen LogP contribution in [0.15, 0.2) is 23.2 Å². The fourth-order valence-electron chi connectivity index (χ4n) is 1.80. The first-order valence-electron chi connectivity index (χ1n) is 5.46. The standard InChI is InChI=1S/C12H11ClF3NO/c13-11-8(4-5-9-6-18-7-17-9)2-1-3-10(11)12(14,15)16/h1-3,7,9H,4-6H2. The Morgan fingerprint density at radius 3 is 2.78 bits per heavy atom. The molecule has 1 heterocycles. The normalized spacial score (nSPS) is 19.0. The predicted octanol–water partition coefficient (Wildman–Crippen LogP) is 3.72. The number of aliphatic imine (C=N–C) groups is 1. The number of hydrogen-bond donors (Lipinski definition) is 0. The van der Waals surface area contributed by atoms with Crippen molar-refractivity contribution in [3.63, 3.8) is 0 Å². The highest BCUT2D eigenvalue weighted by Crippen LogP contribution is 2.36. The average molecular weight is 278 g/mol. The molecule has 0 aromatic heterocycles. The van der Waals surface area contributed by atoms with E-state index in [1.54, 1.807) is 6.07 Å². The fraction of sp³-hybridized carbons (Fsp3) is 0.417. The van der Waals surface area contributed by atoms with E-state index in [2.05, 4.69) is 4.99 Å². The van der Waals surface area contributed by atoms with E-state index in [9.17, 15) is 13.2 Å². The Hall–Kier alpha value is -1.23. The Morgan fingerprint density at radius 2 is 2.17 bits per heavy atom. The molecule has 1 aromatic rings. The zero-order valence-corrected chi connectivity index (χ0v) is 10.1.